The fraction of sp³-hybridized carbons (Fsp3) is 0.0769. The Kier molecular flexibility index (Phi) is 3.31. The van der Waals surface area contributed by atoms with Crippen molar-refractivity contribution in [2.45, 2.75) is 6.92 Å². The molecule has 3 aromatic rings. The summed E-state index contributed by atoms with van der Waals surface area (Å²) in [5.74, 6) is 0.970. The van der Waals surface area contributed by atoms with E-state index in [1.807, 2.05) is 24.4 Å². The summed E-state index contributed by atoms with van der Waals surface area (Å²) in [6, 6.07) is 7.35. The predicted octanol–water partition coefficient (Wildman–Crippen LogP) is 5.08. The summed E-state index contributed by atoms with van der Waals surface area (Å²) >= 11 is 13.4. The highest BCUT2D eigenvalue weighted by Crippen LogP contribution is 2.33. The number of thiophene rings is 1. The molecule has 1 aromatic carbocycles. The predicted molar refractivity (Wildman–Crippen MR) is 77.8 cm³/mol. The molecule has 0 aliphatic heterocycles. The van der Waals surface area contributed by atoms with Crippen molar-refractivity contribution in [1.82, 2.24) is 10.1 Å². The lowest BCUT2D eigenvalue weighted by atomic mass is 10.1. The number of halogens is 2. The van der Waals surface area contributed by atoms with Crippen molar-refractivity contribution >= 4 is 34.5 Å². The molecule has 0 fully saturated rings. The van der Waals surface area contributed by atoms with Crippen LogP contribution in [0.5, 0.6) is 0 Å². The maximum Gasteiger partial charge on any atom is 0.269 e. The van der Waals surface area contributed by atoms with Crippen LogP contribution in [-0.2, 0) is 0 Å². The van der Waals surface area contributed by atoms with Crippen LogP contribution in [0.4, 0.5) is 0 Å². The molecule has 0 N–H and O–H groups in total. The molecule has 3 nitrogen and oxygen atoms in total. The lowest BCUT2D eigenvalue weighted by Crippen LogP contribution is -1.85. The Morgan fingerprint density at radius 2 is 2.05 bits per heavy atom. The second-order valence-electron chi connectivity index (χ2n) is 3.98. The van der Waals surface area contributed by atoms with Gasteiger partial charge in [-0.3, -0.25) is 0 Å². The van der Waals surface area contributed by atoms with Crippen molar-refractivity contribution < 1.29 is 4.52 Å². The van der Waals surface area contributed by atoms with Gasteiger partial charge in [-0.2, -0.15) is 4.98 Å². The van der Waals surface area contributed by atoms with E-state index >= 15 is 0 Å². The molecule has 96 valence electrons. The maximum absolute atomic E-state index is 6.05. The Morgan fingerprint density at radius 3 is 2.74 bits per heavy atom. The van der Waals surface area contributed by atoms with Gasteiger partial charge in [0.2, 0.25) is 5.82 Å². The Morgan fingerprint density at radius 1 is 1.21 bits per heavy atom. The standard InChI is InChI=1S/C13H8Cl2N2OS/c1-7-6-8(14)2-3-9(7)12-16-13(18-17-12)11-10(15)4-5-19-11/h2-6H,1H3. The first-order valence-corrected chi connectivity index (χ1v) is 7.12. The van der Waals surface area contributed by atoms with Gasteiger partial charge >= 0.3 is 0 Å². The molecule has 0 saturated carbocycles. The fourth-order valence-corrected chi connectivity index (χ4v) is 3.03. The SMILES string of the molecule is Cc1cc(Cl)ccc1-c1noc(-c2sccc2Cl)n1. The molecule has 0 aliphatic rings. The van der Waals surface area contributed by atoms with Crippen molar-refractivity contribution in [2.24, 2.45) is 0 Å². The largest absolute Gasteiger partial charge is 0.333 e. The number of rotatable bonds is 2. The molecular weight excluding hydrogens is 303 g/mol. The Labute approximate surface area is 123 Å². The summed E-state index contributed by atoms with van der Waals surface area (Å²) in [7, 11) is 0. The number of benzene rings is 1. The molecule has 0 radical (unpaired) electrons. The van der Waals surface area contributed by atoms with E-state index in [-0.39, 0.29) is 0 Å². The third-order valence-electron chi connectivity index (χ3n) is 2.67. The number of aryl methyl sites for hydroxylation is 1. The number of aromatic nitrogens is 2. The molecule has 2 aromatic heterocycles. The topological polar surface area (TPSA) is 38.9 Å². The molecule has 0 bridgehead atoms. The minimum atomic E-state index is 0.435. The van der Waals surface area contributed by atoms with Gasteiger partial charge in [0, 0.05) is 10.6 Å². The van der Waals surface area contributed by atoms with Crippen LogP contribution in [0.3, 0.4) is 0 Å². The van der Waals surface area contributed by atoms with Gasteiger partial charge in [0.25, 0.3) is 5.89 Å². The van der Waals surface area contributed by atoms with Crippen molar-refractivity contribution in [3.05, 3.63) is 45.3 Å². The van der Waals surface area contributed by atoms with Crippen LogP contribution in [0, 0.1) is 6.92 Å². The Hall–Kier alpha value is -1.36. The summed E-state index contributed by atoms with van der Waals surface area (Å²) in [6.07, 6.45) is 0. The molecule has 6 heteroatoms. The molecule has 0 saturated heterocycles. The molecule has 0 unspecified atom stereocenters. The zero-order chi connectivity index (χ0) is 13.4. The lowest BCUT2D eigenvalue weighted by molar-refractivity contribution is 0.433. The van der Waals surface area contributed by atoms with Gasteiger partial charge in [0.15, 0.2) is 0 Å². The van der Waals surface area contributed by atoms with Crippen LogP contribution in [0.15, 0.2) is 34.2 Å². The van der Waals surface area contributed by atoms with Gasteiger partial charge in [-0.15, -0.1) is 11.3 Å². The molecule has 0 atom stereocenters. The van der Waals surface area contributed by atoms with E-state index in [9.17, 15) is 0 Å². The smallest absolute Gasteiger partial charge is 0.269 e. The third kappa shape index (κ3) is 2.39. The average Bonchev–Trinajstić information content (AvgIpc) is 2.97. The third-order valence-corrected chi connectivity index (χ3v) is 4.23. The van der Waals surface area contributed by atoms with Crippen LogP contribution in [-0.4, -0.2) is 10.1 Å². The molecule has 3 rings (SSSR count). The molecule has 0 amide bonds. The second-order valence-corrected chi connectivity index (χ2v) is 5.74. The lowest BCUT2D eigenvalue weighted by Gasteiger charge is -2.00. The van der Waals surface area contributed by atoms with Gasteiger partial charge in [-0.25, -0.2) is 0 Å². The van der Waals surface area contributed by atoms with Crippen molar-refractivity contribution in [3.63, 3.8) is 0 Å². The Balaban J connectivity index is 2.04. The van der Waals surface area contributed by atoms with E-state index < -0.39 is 0 Å². The van der Waals surface area contributed by atoms with Crippen molar-refractivity contribution in [2.75, 3.05) is 0 Å². The monoisotopic (exact) mass is 310 g/mol. The first-order valence-electron chi connectivity index (χ1n) is 5.49. The van der Waals surface area contributed by atoms with E-state index in [0.717, 1.165) is 16.0 Å². The van der Waals surface area contributed by atoms with Gasteiger partial charge in [0.1, 0.15) is 4.88 Å². The van der Waals surface area contributed by atoms with Gasteiger partial charge in [-0.1, -0.05) is 28.4 Å². The van der Waals surface area contributed by atoms with Gasteiger partial charge in [-0.05, 0) is 42.1 Å². The van der Waals surface area contributed by atoms with Crippen molar-refractivity contribution in [1.29, 1.82) is 0 Å². The van der Waals surface area contributed by atoms with Crippen LogP contribution >= 0.6 is 34.5 Å². The normalized spacial score (nSPS) is 10.9. The minimum absolute atomic E-state index is 0.435. The summed E-state index contributed by atoms with van der Waals surface area (Å²) in [5.41, 5.74) is 1.89. The van der Waals surface area contributed by atoms with E-state index in [1.165, 1.54) is 11.3 Å². The fourth-order valence-electron chi connectivity index (χ4n) is 1.75. The first kappa shape index (κ1) is 12.7. The van der Waals surface area contributed by atoms with Crippen molar-refractivity contribution in [3.8, 4) is 22.2 Å². The second kappa shape index (κ2) is 4.96. The zero-order valence-corrected chi connectivity index (χ0v) is 12.2. The van der Waals surface area contributed by atoms with Gasteiger partial charge in [0.05, 0.1) is 5.02 Å². The van der Waals surface area contributed by atoms with Crippen LogP contribution < -0.4 is 0 Å². The number of hydrogen-bond acceptors (Lipinski definition) is 4. The van der Waals surface area contributed by atoms with Crippen LogP contribution in [0.25, 0.3) is 22.2 Å². The van der Waals surface area contributed by atoms with E-state index in [0.29, 0.717) is 21.8 Å². The summed E-state index contributed by atoms with van der Waals surface area (Å²) < 4.78 is 5.26. The maximum atomic E-state index is 6.05. The highest BCUT2D eigenvalue weighted by Gasteiger charge is 2.15. The highest BCUT2D eigenvalue weighted by atomic mass is 35.5. The summed E-state index contributed by atoms with van der Waals surface area (Å²) in [4.78, 5) is 5.16. The summed E-state index contributed by atoms with van der Waals surface area (Å²) in [5, 5.41) is 7.18. The minimum Gasteiger partial charge on any atom is -0.333 e. The summed E-state index contributed by atoms with van der Waals surface area (Å²) in [6.45, 7) is 1.95. The van der Waals surface area contributed by atoms with E-state index in [2.05, 4.69) is 10.1 Å². The molecule has 2 heterocycles. The molecule has 0 aliphatic carbocycles. The zero-order valence-electron chi connectivity index (χ0n) is 9.85. The van der Waals surface area contributed by atoms with Crippen LogP contribution in [0.1, 0.15) is 5.56 Å². The number of hydrogen-bond donors (Lipinski definition) is 0. The molecular formula is C13H8Cl2N2OS. The van der Waals surface area contributed by atoms with E-state index in [4.69, 9.17) is 27.7 Å². The van der Waals surface area contributed by atoms with Gasteiger partial charge < -0.3 is 4.52 Å². The average molecular weight is 311 g/mol. The molecule has 19 heavy (non-hydrogen) atoms. The molecule has 0 spiro atoms. The first-order chi connectivity index (χ1) is 9.15. The quantitative estimate of drug-likeness (QED) is 0.662. The van der Waals surface area contributed by atoms with Crippen LogP contribution in [0.2, 0.25) is 10.0 Å². The number of nitrogens with zero attached hydrogens (tertiary/aromatic N) is 2. The Bertz CT molecular complexity index is 736. The highest BCUT2D eigenvalue weighted by molar-refractivity contribution is 7.14. The van der Waals surface area contributed by atoms with E-state index in [1.54, 1.807) is 12.1 Å².